The Morgan fingerprint density at radius 2 is 1.68 bits per heavy atom. The molecule has 6 heteroatoms. The summed E-state index contributed by atoms with van der Waals surface area (Å²) in [7, 11) is 0. The number of aromatic nitrogens is 1. The summed E-state index contributed by atoms with van der Waals surface area (Å²) < 4.78 is 40.0. The summed E-state index contributed by atoms with van der Waals surface area (Å²) in [5.41, 5.74) is 7.32. The third-order valence-electron chi connectivity index (χ3n) is 3.47. The monoisotopic (exact) mass is 303 g/mol. The van der Waals surface area contributed by atoms with Gasteiger partial charge in [0.15, 0.2) is 11.6 Å². The van der Waals surface area contributed by atoms with Gasteiger partial charge in [-0.05, 0) is 18.6 Å². The molecule has 1 aromatic heterocycles. The third-order valence-corrected chi connectivity index (χ3v) is 3.47. The van der Waals surface area contributed by atoms with Gasteiger partial charge in [0, 0.05) is 34.8 Å². The minimum Gasteiger partial charge on any atom is -0.398 e. The SMILES string of the molecule is Cc1ccc2c(Nc3cc(F)c(F)cc3F)nccc2c1N. The van der Waals surface area contributed by atoms with Crippen LogP contribution in [0.15, 0.2) is 36.5 Å². The van der Waals surface area contributed by atoms with E-state index in [1.165, 1.54) is 6.20 Å². The summed E-state index contributed by atoms with van der Waals surface area (Å²) in [6.45, 7) is 1.87. The average Bonchev–Trinajstić information content (AvgIpc) is 2.49. The molecule has 3 N–H and O–H groups in total. The van der Waals surface area contributed by atoms with Crippen LogP contribution in [0, 0.1) is 24.4 Å². The van der Waals surface area contributed by atoms with Crippen LogP contribution in [0.25, 0.3) is 10.8 Å². The molecule has 0 radical (unpaired) electrons. The van der Waals surface area contributed by atoms with Crippen LogP contribution in [-0.2, 0) is 0 Å². The second-order valence-corrected chi connectivity index (χ2v) is 4.92. The van der Waals surface area contributed by atoms with Gasteiger partial charge in [0.25, 0.3) is 0 Å². The third kappa shape index (κ3) is 2.32. The molecule has 0 atom stereocenters. The zero-order chi connectivity index (χ0) is 15.9. The van der Waals surface area contributed by atoms with E-state index in [-0.39, 0.29) is 5.69 Å². The zero-order valence-electron chi connectivity index (χ0n) is 11.6. The van der Waals surface area contributed by atoms with Crippen molar-refractivity contribution >= 4 is 28.0 Å². The fraction of sp³-hybridized carbons (Fsp3) is 0.0625. The van der Waals surface area contributed by atoms with Crippen molar-refractivity contribution < 1.29 is 13.2 Å². The molecular weight excluding hydrogens is 291 g/mol. The van der Waals surface area contributed by atoms with Crippen LogP contribution in [0.3, 0.4) is 0 Å². The number of hydrogen-bond donors (Lipinski definition) is 2. The lowest BCUT2D eigenvalue weighted by atomic mass is 10.1. The number of anilines is 3. The molecule has 112 valence electrons. The predicted molar refractivity (Wildman–Crippen MR) is 80.5 cm³/mol. The van der Waals surface area contributed by atoms with E-state index >= 15 is 0 Å². The largest absolute Gasteiger partial charge is 0.398 e. The first kappa shape index (κ1) is 14.2. The number of nitrogen functional groups attached to an aromatic ring is 1. The summed E-state index contributed by atoms with van der Waals surface area (Å²) in [6.07, 6.45) is 1.51. The molecule has 0 amide bonds. The number of nitrogens with two attached hydrogens (primary N) is 1. The minimum absolute atomic E-state index is 0.196. The zero-order valence-corrected chi connectivity index (χ0v) is 11.6. The smallest absolute Gasteiger partial charge is 0.161 e. The topological polar surface area (TPSA) is 50.9 Å². The van der Waals surface area contributed by atoms with Crippen LogP contribution < -0.4 is 11.1 Å². The molecule has 0 aliphatic heterocycles. The van der Waals surface area contributed by atoms with Crippen LogP contribution in [-0.4, -0.2) is 4.98 Å². The molecule has 2 aromatic carbocycles. The second kappa shape index (κ2) is 5.22. The van der Waals surface area contributed by atoms with Gasteiger partial charge in [-0.15, -0.1) is 0 Å². The summed E-state index contributed by atoms with van der Waals surface area (Å²) in [5, 5.41) is 4.09. The number of rotatable bonds is 2. The molecule has 3 rings (SSSR count). The molecule has 0 unspecified atom stereocenters. The van der Waals surface area contributed by atoms with E-state index in [9.17, 15) is 13.2 Å². The summed E-state index contributed by atoms with van der Waals surface area (Å²) >= 11 is 0. The van der Waals surface area contributed by atoms with Crippen molar-refractivity contribution in [3.05, 3.63) is 59.5 Å². The molecule has 3 aromatic rings. The maximum Gasteiger partial charge on any atom is 0.161 e. The van der Waals surface area contributed by atoms with Gasteiger partial charge in [0.05, 0.1) is 5.69 Å². The van der Waals surface area contributed by atoms with E-state index < -0.39 is 17.5 Å². The fourth-order valence-corrected chi connectivity index (χ4v) is 2.23. The first-order chi connectivity index (χ1) is 10.5. The Hall–Kier alpha value is -2.76. The van der Waals surface area contributed by atoms with Crippen LogP contribution in [0.2, 0.25) is 0 Å². The van der Waals surface area contributed by atoms with Crippen molar-refractivity contribution in [3.63, 3.8) is 0 Å². The first-order valence-corrected chi connectivity index (χ1v) is 6.52. The van der Waals surface area contributed by atoms with Gasteiger partial charge in [-0.1, -0.05) is 12.1 Å². The highest BCUT2D eigenvalue weighted by atomic mass is 19.2. The number of nitrogens with zero attached hydrogens (tertiary/aromatic N) is 1. The first-order valence-electron chi connectivity index (χ1n) is 6.52. The summed E-state index contributed by atoms with van der Waals surface area (Å²) in [6, 6.07) is 6.58. The van der Waals surface area contributed by atoms with Gasteiger partial charge >= 0.3 is 0 Å². The van der Waals surface area contributed by atoms with E-state index in [1.807, 2.05) is 13.0 Å². The molecule has 0 spiro atoms. The molecular formula is C16H12F3N3. The Morgan fingerprint density at radius 1 is 0.955 bits per heavy atom. The average molecular weight is 303 g/mol. The number of halogens is 3. The lowest BCUT2D eigenvalue weighted by Gasteiger charge is -2.12. The van der Waals surface area contributed by atoms with Crippen LogP contribution in [0.5, 0.6) is 0 Å². The molecule has 0 saturated carbocycles. The number of fused-ring (bicyclic) bond motifs is 1. The molecule has 0 aliphatic carbocycles. The molecule has 0 aliphatic rings. The number of aryl methyl sites for hydroxylation is 1. The van der Waals surface area contributed by atoms with E-state index in [0.29, 0.717) is 23.0 Å². The van der Waals surface area contributed by atoms with Gasteiger partial charge in [0.2, 0.25) is 0 Å². The lowest BCUT2D eigenvalue weighted by molar-refractivity contribution is 0.496. The van der Waals surface area contributed by atoms with Crippen molar-refractivity contribution in [2.75, 3.05) is 11.1 Å². The molecule has 0 bridgehead atoms. The normalized spacial score (nSPS) is 10.9. The van der Waals surface area contributed by atoms with Crippen molar-refractivity contribution in [3.8, 4) is 0 Å². The Morgan fingerprint density at radius 3 is 2.45 bits per heavy atom. The highest BCUT2D eigenvalue weighted by Gasteiger charge is 2.12. The molecule has 3 nitrogen and oxygen atoms in total. The Labute approximate surface area is 124 Å². The maximum atomic E-state index is 13.7. The Kier molecular flexibility index (Phi) is 3.36. The molecule has 0 saturated heterocycles. The summed E-state index contributed by atoms with van der Waals surface area (Å²) in [5.74, 6) is -2.97. The Bertz CT molecular complexity index is 878. The van der Waals surface area contributed by atoms with Crippen LogP contribution in [0.4, 0.5) is 30.4 Å². The van der Waals surface area contributed by atoms with Gasteiger partial charge in [-0.2, -0.15) is 0 Å². The van der Waals surface area contributed by atoms with Crippen molar-refractivity contribution in [1.29, 1.82) is 0 Å². The standard InChI is InChI=1S/C16H12F3N3/c1-8-2-3-10-9(15(8)20)4-5-21-16(10)22-14-7-12(18)11(17)6-13(14)19/h2-7H,20H2,1H3,(H,21,22). The van der Waals surface area contributed by atoms with Gasteiger partial charge in [-0.3, -0.25) is 0 Å². The van der Waals surface area contributed by atoms with E-state index in [1.54, 1.807) is 12.1 Å². The van der Waals surface area contributed by atoms with Gasteiger partial charge in [-0.25, -0.2) is 18.2 Å². The number of hydrogen-bond acceptors (Lipinski definition) is 3. The highest BCUT2D eigenvalue weighted by molar-refractivity contribution is 6.01. The maximum absolute atomic E-state index is 13.7. The number of benzene rings is 2. The predicted octanol–water partition coefficient (Wildman–Crippen LogP) is 4.29. The fourth-order valence-electron chi connectivity index (χ4n) is 2.23. The van der Waals surface area contributed by atoms with Crippen molar-refractivity contribution in [2.24, 2.45) is 0 Å². The van der Waals surface area contributed by atoms with Gasteiger partial charge in [0.1, 0.15) is 11.6 Å². The van der Waals surface area contributed by atoms with Crippen molar-refractivity contribution in [1.82, 2.24) is 4.98 Å². The second-order valence-electron chi connectivity index (χ2n) is 4.92. The highest BCUT2D eigenvalue weighted by Crippen LogP contribution is 2.31. The number of pyridine rings is 1. The van der Waals surface area contributed by atoms with Crippen LogP contribution >= 0.6 is 0 Å². The molecule has 0 fully saturated rings. The van der Waals surface area contributed by atoms with E-state index in [2.05, 4.69) is 10.3 Å². The summed E-state index contributed by atoms with van der Waals surface area (Å²) in [4.78, 5) is 4.12. The van der Waals surface area contributed by atoms with Crippen LogP contribution in [0.1, 0.15) is 5.56 Å². The molecule has 22 heavy (non-hydrogen) atoms. The minimum atomic E-state index is -1.24. The number of nitrogens with one attached hydrogen (secondary N) is 1. The van der Waals surface area contributed by atoms with Gasteiger partial charge < -0.3 is 11.1 Å². The van der Waals surface area contributed by atoms with E-state index in [4.69, 9.17) is 5.73 Å². The lowest BCUT2D eigenvalue weighted by Crippen LogP contribution is -2.00. The van der Waals surface area contributed by atoms with E-state index in [0.717, 1.165) is 17.0 Å². The Balaban J connectivity index is 2.12. The molecule has 1 heterocycles. The van der Waals surface area contributed by atoms with Crippen molar-refractivity contribution in [2.45, 2.75) is 6.92 Å². The quantitative estimate of drug-likeness (QED) is 0.548.